The summed E-state index contributed by atoms with van der Waals surface area (Å²) in [7, 11) is 0. The molecule has 2 rings (SSSR count). The number of nitrogen functional groups attached to an aromatic ring is 1. The number of nitrogens with one attached hydrogen (secondary N) is 2. The molecule has 1 aliphatic rings. The first kappa shape index (κ1) is 10.5. The van der Waals surface area contributed by atoms with Crippen LogP contribution in [0, 0.1) is 0 Å². The summed E-state index contributed by atoms with van der Waals surface area (Å²) >= 11 is 0. The van der Waals surface area contributed by atoms with Crippen LogP contribution in [0.2, 0.25) is 0 Å². The molecule has 0 bridgehead atoms. The number of benzene rings is 1. The molecule has 0 aromatic heterocycles. The highest BCUT2D eigenvalue weighted by Gasteiger charge is 2.26. The average molecular weight is 219 g/mol. The molecule has 5 nitrogen and oxygen atoms in total. The molecule has 0 radical (unpaired) electrons. The fourth-order valence-corrected chi connectivity index (χ4v) is 1.66. The number of carbonyl (C=O) groups is 2. The van der Waals surface area contributed by atoms with Gasteiger partial charge in [-0.3, -0.25) is 9.59 Å². The van der Waals surface area contributed by atoms with Gasteiger partial charge in [-0.2, -0.15) is 0 Å². The van der Waals surface area contributed by atoms with Crippen LogP contribution in [0.15, 0.2) is 24.3 Å². The summed E-state index contributed by atoms with van der Waals surface area (Å²) in [5.41, 5.74) is 6.82. The molecule has 1 aromatic carbocycles. The molecule has 4 N–H and O–H groups in total. The van der Waals surface area contributed by atoms with E-state index in [4.69, 9.17) is 5.73 Å². The summed E-state index contributed by atoms with van der Waals surface area (Å²) in [4.78, 5) is 22.7. The first-order chi connectivity index (χ1) is 7.65. The number of rotatable bonds is 2. The second-order valence-electron chi connectivity index (χ2n) is 3.77. The zero-order valence-electron chi connectivity index (χ0n) is 8.69. The lowest BCUT2D eigenvalue weighted by Crippen LogP contribution is -2.37. The van der Waals surface area contributed by atoms with Crippen LogP contribution in [0.5, 0.6) is 0 Å². The van der Waals surface area contributed by atoms with Crippen LogP contribution in [0.25, 0.3) is 0 Å². The van der Waals surface area contributed by atoms with Crippen LogP contribution >= 0.6 is 0 Å². The number of anilines is 2. The molecule has 1 atom stereocenters. The summed E-state index contributed by atoms with van der Waals surface area (Å²) in [6, 6.07) is 6.51. The van der Waals surface area contributed by atoms with Gasteiger partial charge in [-0.15, -0.1) is 0 Å². The summed E-state index contributed by atoms with van der Waals surface area (Å²) in [6.07, 6.45) is 0.960. The highest BCUT2D eigenvalue weighted by Crippen LogP contribution is 2.14. The normalized spacial score (nSPS) is 19.2. The molecule has 1 aliphatic heterocycles. The Balaban J connectivity index is 1.99. The maximum Gasteiger partial charge on any atom is 0.246 e. The maximum absolute atomic E-state index is 11.7. The SMILES string of the molecule is Nc1cccc(NC(=O)[C@@H]2CCC(=O)N2)c1. The number of amides is 2. The molecule has 84 valence electrons. The van der Waals surface area contributed by atoms with Gasteiger partial charge in [0.15, 0.2) is 0 Å². The van der Waals surface area contributed by atoms with Crippen molar-refractivity contribution in [3.05, 3.63) is 24.3 Å². The minimum Gasteiger partial charge on any atom is -0.399 e. The fraction of sp³-hybridized carbons (Fsp3) is 0.273. The molecule has 1 saturated heterocycles. The molecule has 0 spiro atoms. The van der Waals surface area contributed by atoms with E-state index < -0.39 is 6.04 Å². The first-order valence-electron chi connectivity index (χ1n) is 5.11. The quantitative estimate of drug-likeness (QED) is 0.633. The van der Waals surface area contributed by atoms with Gasteiger partial charge in [-0.05, 0) is 24.6 Å². The third-order valence-electron chi connectivity index (χ3n) is 2.47. The Labute approximate surface area is 93.0 Å². The molecule has 0 saturated carbocycles. The van der Waals surface area contributed by atoms with E-state index >= 15 is 0 Å². The molecular formula is C11H13N3O2. The van der Waals surface area contributed by atoms with Crippen molar-refractivity contribution < 1.29 is 9.59 Å². The summed E-state index contributed by atoms with van der Waals surface area (Å²) < 4.78 is 0. The van der Waals surface area contributed by atoms with Gasteiger partial charge in [0.05, 0.1) is 0 Å². The zero-order valence-corrected chi connectivity index (χ0v) is 8.69. The Hall–Kier alpha value is -2.04. The van der Waals surface area contributed by atoms with E-state index in [1.807, 2.05) is 0 Å². The lowest BCUT2D eigenvalue weighted by molar-refractivity contribution is -0.122. The van der Waals surface area contributed by atoms with Gasteiger partial charge in [0.25, 0.3) is 0 Å². The lowest BCUT2D eigenvalue weighted by atomic mass is 10.2. The van der Waals surface area contributed by atoms with E-state index in [0.717, 1.165) is 0 Å². The van der Waals surface area contributed by atoms with Crippen molar-refractivity contribution in [3.63, 3.8) is 0 Å². The molecule has 0 unspecified atom stereocenters. The van der Waals surface area contributed by atoms with Gasteiger partial charge >= 0.3 is 0 Å². The van der Waals surface area contributed by atoms with Crippen LogP contribution in [-0.2, 0) is 9.59 Å². The van der Waals surface area contributed by atoms with Gasteiger partial charge in [0.1, 0.15) is 6.04 Å². The second kappa shape index (κ2) is 4.22. The average Bonchev–Trinajstić information content (AvgIpc) is 2.65. The largest absolute Gasteiger partial charge is 0.399 e. The van der Waals surface area contributed by atoms with Gasteiger partial charge in [0.2, 0.25) is 11.8 Å². The maximum atomic E-state index is 11.7. The number of hydrogen-bond donors (Lipinski definition) is 3. The van der Waals surface area contributed by atoms with Crippen molar-refractivity contribution >= 4 is 23.2 Å². The second-order valence-corrected chi connectivity index (χ2v) is 3.77. The topological polar surface area (TPSA) is 84.2 Å². The molecule has 16 heavy (non-hydrogen) atoms. The Morgan fingerprint density at radius 2 is 2.31 bits per heavy atom. The van der Waals surface area contributed by atoms with Crippen LogP contribution in [0.3, 0.4) is 0 Å². The Kier molecular flexibility index (Phi) is 2.76. The van der Waals surface area contributed by atoms with Crippen LogP contribution in [0.4, 0.5) is 11.4 Å². The Morgan fingerprint density at radius 1 is 1.50 bits per heavy atom. The third kappa shape index (κ3) is 2.31. The van der Waals surface area contributed by atoms with Crippen LogP contribution in [-0.4, -0.2) is 17.9 Å². The lowest BCUT2D eigenvalue weighted by Gasteiger charge is -2.10. The van der Waals surface area contributed by atoms with E-state index in [-0.39, 0.29) is 11.8 Å². The van der Waals surface area contributed by atoms with Crippen molar-refractivity contribution in [3.8, 4) is 0 Å². The van der Waals surface area contributed by atoms with Gasteiger partial charge in [0, 0.05) is 17.8 Å². The molecule has 2 amide bonds. The van der Waals surface area contributed by atoms with Crippen molar-refractivity contribution in [1.82, 2.24) is 5.32 Å². The number of nitrogens with two attached hydrogens (primary N) is 1. The predicted molar refractivity (Wildman–Crippen MR) is 60.6 cm³/mol. The highest BCUT2D eigenvalue weighted by molar-refractivity contribution is 5.99. The van der Waals surface area contributed by atoms with Crippen LogP contribution in [0.1, 0.15) is 12.8 Å². The molecule has 1 heterocycles. The summed E-state index contributed by atoms with van der Waals surface area (Å²) in [5.74, 6) is -0.274. The van der Waals surface area contributed by atoms with Gasteiger partial charge in [-0.25, -0.2) is 0 Å². The van der Waals surface area contributed by atoms with Gasteiger partial charge < -0.3 is 16.4 Å². The summed E-state index contributed by atoms with van der Waals surface area (Å²) in [5, 5.41) is 5.32. The minimum atomic E-state index is -0.422. The highest BCUT2D eigenvalue weighted by atomic mass is 16.2. The van der Waals surface area contributed by atoms with E-state index in [9.17, 15) is 9.59 Å². The van der Waals surface area contributed by atoms with E-state index in [1.54, 1.807) is 24.3 Å². The van der Waals surface area contributed by atoms with Crippen molar-refractivity contribution in [2.24, 2.45) is 0 Å². The zero-order chi connectivity index (χ0) is 11.5. The predicted octanol–water partition coefficient (Wildman–Crippen LogP) is 0.486. The molecule has 1 aromatic rings. The van der Waals surface area contributed by atoms with E-state index in [2.05, 4.69) is 10.6 Å². The van der Waals surface area contributed by atoms with Crippen molar-refractivity contribution in [2.45, 2.75) is 18.9 Å². The number of hydrogen-bond acceptors (Lipinski definition) is 3. The van der Waals surface area contributed by atoms with Gasteiger partial charge in [-0.1, -0.05) is 6.07 Å². The fourth-order valence-electron chi connectivity index (χ4n) is 1.66. The molecular weight excluding hydrogens is 206 g/mol. The first-order valence-corrected chi connectivity index (χ1v) is 5.11. The van der Waals surface area contributed by atoms with Crippen molar-refractivity contribution in [2.75, 3.05) is 11.1 Å². The van der Waals surface area contributed by atoms with E-state index in [0.29, 0.717) is 24.2 Å². The monoisotopic (exact) mass is 219 g/mol. The van der Waals surface area contributed by atoms with Crippen molar-refractivity contribution in [1.29, 1.82) is 0 Å². The minimum absolute atomic E-state index is 0.0762. The Morgan fingerprint density at radius 3 is 2.94 bits per heavy atom. The smallest absolute Gasteiger partial charge is 0.246 e. The third-order valence-corrected chi connectivity index (χ3v) is 2.47. The number of carbonyl (C=O) groups excluding carboxylic acids is 2. The Bertz CT molecular complexity index is 431. The molecule has 1 fully saturated rings. The summed E-state index contributed by atoms with van der Waals surface area (Å²) in [6.45, 7) is 0. The molecule has 5 heteroatoms. The van der Waals surface area contributed by atoms with Crippen LogP contribution < -0.4 is 16.4 Å². The molecule has 0 aliphatic carbocycles. The standard InChI is InChI=1S/C11H13N3O2/c12-7-2-1-3-8(6-7)13-11(16)9-4-5-10(15)14-9/h1-3,6,9H,4-5,12H2,(H,13,16)(H,14,15)/t9-/m0/s1. The van der Waals surface area contributed by atoms with E-state index in [1.165, 1.54) is 0 Å².